The highest BCUT2D eigenvalue weighted by Gasteiger charge is 2.11. The molecule has 0 bridgehead atoms. The summed E-state index contributed by atoms with van der Waals surface area (Å²) in [5.74, 6) is 0. The quantitative estimate of drug-likeness (QED) is 0.645. The zero-order valence-electron chi connectivity index (χ0n) is 13.2. The van der Waals surface area contributed by atoms with Gasteiger partial charge >= 0.3 is 6.03 Å². The topological polar surface area (TPSA) is 66.9 Å². The van der Waals surface area contributed by atoms with Gasteiger partial charge in [0.1, 0.15) is 5.01 Å². The molecule has 0 aliphatic carbocycles. The molecule has 2 aromatic heterocycles. The van der Waals surface area contributed by atoms with E-state index < -0.39 is 0 Å². The number of anilines is 1. The SMILES string of the molecule is Cc1nc(-c2cccnc2)sc1CNC(=O)Nc1ccc(Cl)cc1Cl. The van der Waals surface area contributed by atoms with Crippen LogP contribution in [0.15, 0.2) is 42.7 Å². The largest absolute Gasteiger partial charge is 0.333 e. The van der Waals surface area contributed by atoms with Gasteiger partial charge in [-0.05, 0) is 37.3 Å². The average molecular weight is 393 g/mol. The standard InChI is InChI=1S/C17H14Cl2N4OS/c1-10-15(25-16(22-10)11-3-2-6-20-8-11)9-21-17(24)23-14-5-4-12(18)7-13(14)19/h2-8H,9H2,1H3,(H2,21,23,24). The molecule has 0 unspecified atom stereocenters. The number of urea groups is 1. The minimum atomic E-state index is -0.347. The summed E-state index contributed by atoms with van der Waals surface area (Å²) in [5.41, 5.74) is 2.34. The van der Waals surface area contributed by atoms with Crippen LogP contribution in [-0.4, -0.2) is 16.0 Å². The Balaban J connectivity index is 1.63. The Kier molecular flexibility index (Phi) is 5.53. The number of amides is 2. The number of halogens is 2. The summed E-state index contributed by atoms with van der Waals surface area (Å²) in [6.45, 7) is 2.29. The van der Waals surface area contributed by atoms with Gasteiger partial charge in [-0.3, -0.25) is 4.98 Å². The number of pyridine rings is 1. The van der Waals surface area contributed by atoms with Crippen molar-refractivity contribution in [3.63, 3.8) is 0 Å². The van der Waals surface area contributed by atoms with Crippen LogP contribution < -0.4 is 10.6 Å². The number of aryl methyl sites for hydroxylation is 1. The van der Waals surface area contributed by atoms with E-state index >= 15 is 0 Å². The summed E-state index contributed by atoms with van der Waals surface area (Å²) in [4.78, 5) is 21.7. The lowest BCUT2D eigenvalue weighted by atomic mass is 10.3. The number of rotatable bonds is 4. The van der Waals surface area contributed by atoms with E-state index in [2.05, 4.69) is 20.6 Å². The first kappa shape index (κ1) is 17.7. The third kappa shape index (κ3) is 4.48. The van der Waals surface area contributed by atoms with Crippen molar-refractivity contribution in [3.05, 3.63) is 63.3 Å². The minimum absolute atomic E-state index is 0.347. The maximum absolute atomic E-state index is 12.1. The normalized spacial score (nSPS) is 10.5. The van der Waals surface area contributed by atoms with Crippen molar-refractivity contribution in [2.24, 2.45) is 0 Å². The summed E-state index contributed by atoms with van der Waals surface area (Å²) in [5, 5.41) is 7.28. The highest BCUT2D eigenvalue weighted by molar-refractivity contribution is 7.15. The van der Waals surface area contributed by atoms with E-state index in [9.17, 15) is 4.79 Å². The second-order valence-corrected chi connectivity index (χ2v) is 7.13. The van der Waals surface area contributed by atoms with Gasteiger partial charge in [0, 0.05) is 27.9 Å². The number of thiazole rings is 1. The number of nitrogens with zero attached hydrogens (tertiary/aromatic N) is 2. The van der Waals surface area contributed by atoms with Crippen LogP contribution in [0.5, 0.6) is 0 Å². The van der Waals surface area contributed by atoms with E-state index in [-0.39, 0.29) is 6.03 Å². The molecule has 0 fully saturated rings. The van der Waals surface area contributed by atoms with Crippen molar-refractivity contribution in [3.8, 4) is 10.6 Å². The van der Waals surface area contributed by atoms with E-state index in [1.165, 1.54) is 11.3 Å². The fourth-order valence-electron chi connectivity index (χ4n) is 2.12. The Morgan fingerprint density at radius 2 is 2.12 bits per heavy atom. The maximum atomic E-state index is 12.1. The van der Waals surface area contributed by atoms with Gasteiger partial charge in [-0.15, -0.1) is 11.3 Å². The second-order valence-electron chi connectivity index (χ2n) is 5.20. The number of nitrogens with one attached hydrogen (secondary N) is 2. The number of hydrogen-bond acceptors (Lipinski definition) is 4. The molecule has 0 atom stereocenters. The van der Waals surface area contributed by atoms with Crippen molar-refractivity contribution in [1.82, 2.24) is 15.3 Å². The van der Waals surface area contributed by atoms with E-state index in [0.717, 1.165) is 21.1 Å². The first-order chi connectivity index (χ1) is 12.0. The van der Waals surface area contributed by atoms with Gasteiger partial charge in [0.15, 0.2) is 0 Å². The molecule has 1 aromatic carbocycles. The van der Waals surface area contributed by atoms with E-state index in [0.29, 0.717) is 22.3 Å². The van der Waals surface area contributed by atoms with E-state index in [1.807, 2.05) is 19.1 Å². The molecule has 3 rings (SSSR count). The predicted molar refractivity (Wildman–Crippen MR) is 102 cm³/mol. The monoisotopic (exact) mass is 392 g/mol. The third-order valence-corrected chi connectivity index (χ3v) is 5.14. The van der Waals surface area contributed by atoms with Gasteiger partial charge < -0.3 is 10.6 Å². The molecule has 0 aliphatic rings. The summed E-state index contributed by atoms with van der Waals surface area (Å²) in [6.07, 6.45) is 3.49. The van der Waals surface area contributed by atoms with Gasteiger partial charge in [0.2, 0.25) is 0 Å². The van der Waals surface area contributed by atoms with Crippen LogP contribution in [0.4, 0.5) is 10.5 Å². The molecule has 8 heteroatoms. The molecular weight excluding hydrogens is 379 g/mol. The van der Waals surface area contributed by atoms with Crippen LogP contribution in [0.2, 0.25) is 10.0 Å². The van der Waals surface area contributed by atoms with Crippen LogP contribution in [0.25, 0.3) is 10.6 Å². The molecule has 3 aromatic rings. The Labute approximate surface area is 159 Å². The molecule has 2 heterocycles. The van der Waals surface area contributed by atoms with Gasteiger partial charge in [-0.25, -0.2) is 9.78 Å². The lowest BCUT2D eigenvalue weighted by molar-refractivity contribution is 0.252. The number of hydrogen-bond donors (Lipinski definition) is 2. The summed E-state index contributed by atoms with van der Waals surface area (Å²) in [6, 6.07) is 8.37. The van der Waals surface area contributed by atoms with Gasteiger partial charge in [0.25, 0.3) is 0 Å². The third-order valence-electron chi connectivity index (χ3n) is 3.39. The Morgan fingerprint density at radius 3 is 2.84 bits per heavy atom. The average Bonchev–Trinajstić information content (AvgIpc) is 2.97. The van der Waals surface area contributed by atoms with Crippen LogP contribution in [-0.2, 0) is 6.54 Å². The zero-order chi connectivity index (χ0) is 17.8. The molecule has 128 valence electrons. The van der Waals surface area contributed by atoms with Crippen molar-refractivity contribution in [2.75, 3.05) is 5.32 Å². The Bertz CT molecular complexity index is 899. The van der Waals surface area contributed by atoms with Crippen molar-refractivity contribution in [2.45, 2.75) is 13.5 Å². The lowest BCUT2D eigenvalue weighted by Gasteiger charge is -2.08. The number of carbonyl (C=O) groups excluding carboxylic acids is 1. The van der Waals surface area contributed by atoms with Gasteiger partial charge in [0.05, 0.1) is 22.9 Å². The molecule has 2 N–H and O–H groups in total. The molecule has 0 aliphatic heterocycles. The fraction of sp³-hybridized carbons (Fsp3) is 0.118. The fourth-order valence-corrected chi connectivity index (χ4v) is 3.57. The Morgan fingerprint density at radius 1 is 1.28 bits per heavy atom. The highest BCUT2D eigenvalue weighted by atomic mass is 35.5. The van der Waals surface area contributed by atoms with Gasteiger partial charge in [-0.1, -0.05) is 23.2 Å². The Hall–Kier alpha value is -2.15. The smallest absolute Gasteiger partial charge is 0.319 e. The maximum Gasteiger partial charge on any atom is 0.319 e. The summed E-state index contributed by atoms with van der Waals surface area (Å²) >= 11 is 13.4. The molecule has 0 saturated heterocycles. The molecule has 0 saturated carbocycles. The molecular formula is C17H14Cl2N4OS. The number of carbonyl (C=O) groups is 1. The lowest BCUT2D eigenvalue weighted by Crippen LogP contribution is -2.28. The highest BCUT2D eigenvalue weighted by Crippen LogP contribution is 2.27. The van der Waals surface area contributed by atoms with Crippen LogP contribution in [0, 0.1) is 6.92 Å². The minimum Gasteiger partial charge on any atom is -0.333 e. The van der Waals surface area contributed by atoms with E-state index in [4.69, 9.17) is 23.2 Å². The first-order valence-electron chi connectivity index (χ1n) is 7.39. The van der Waals surface area contributed by atoms with Crippen molar-refractivity contribution in [1.29, 1.82) is 0 Å². The summed E-state index contributed by atoms with van der Waals surface area (Å²) in [7, 11) is 0. The number of aromatic nitrogens is 2. The molecule has 25 heavy (non-hydrogen) atoms. The van der Waals surface area contributed by atoms with Crippen LogP contribution in [0.1, 0.15) is 10.6 Å². The van der Waals surface area contributed by atoms with E-state index in [1.54, 1.807) is 30.6 Å². The second kappa shape index (κ2) is 7.82. The van der Waals surface area contributed by atoms with Crippen molar-refractivity contribution >= 4 is 46.3 Å². The predicted octanol–water partition coefficient (Wildman–Crippen LogP) is 5.14. The first-order valence-corrected chi connectivity index (χ1v) is 8.97. The number of benzene rings is 1. The molecule has 2 amide bonds. The molecule has 0 spiro atoms. The van der Waals surface area contributed by atoms with Crippen LogP contribution in [0.3, 0.4) is 0 Å². The van der Waals surface area contributed by atoms with Crippen LogP contribution >= 0.6 is 34.5 Å². The van der Waals surface area contributed by atoms with Crippen molar-refractivity contribution < 1.29 is 4.79 Å². The zero-order valence-corrected chi connectivity index (χ0v) is 15.5. The van der Waals surface area contributed by atoms with Gasteiger partial charge in [-0.2, -0.15) is 0 Å². The molecule has 5 nitrogen and oxygen atoms in total. The molecule has 0 radical (unpaired) electrons. The summed E-state index contributed by atoms with van der Waals surface area (Å²) < 4.78 is 0.